The van der Waals surface area contributed by atoms with Gasteiger partial charge >= 0.3 is 11.9 Å². The predicted octanol–water partition coefficient (Wildman–Crippen LogP) is 2.97. The maximum absolute atomic E-state index is 12.1. The van der Waals surface area contributed by atoms with Gasteiger partial charge in [-0.25, -0.2) is 9.59 Å². The molecule has 0 unspecified atom stereocenters. The van der Waals surface area contributed by atoms with Crippen LogP contribution in [-0.4, -0.2) is 40.8 Å². The normalized spacial score (nSPS) is 10.4. The standard InChI is InChI=1S/C17H24O5Si/c1-4-11-20-16(18)14-9-5-6-10-15(14)17(19)21-12-7-8-13-22-23(2)3/h4-6,9-10,23H,1,7-8,11-13H2,2-3H3. The molecule has 0 aromatic heterocycles. The number of hydrogen-bond donors (Lipinski definition) is 0. The molecule has 0 spiro atoms. The molecule has 23 heavy (non-hydrogen) atoms. The van der Waals surface area contributed by atoms with Gasteiger partial charge in [0.2, 0.25) is 0 Å². The minimum atomic E-state index is -0.985. The first-order valence-corrected chi connectivity index (χ1v) is 10.5. The van der Waals surface area contributed by atoms with Crippen molar-refractivity contribution in [3.05, 3.63) is 48.0 Å². The van der Waals surface area contributed by atoms with Crippen LogP contribution in [0, 0.1) is 0 Å². The van der Waals surface area contributed by atoms with Crippen LogP contribution >= 0.6 is 0 Å². The van der Waals surface area contributed by atoms with Crippen LogP contribution in [0.15, 0.2) is 36.9 Å². The van der Waals surface area contributed by atoms with Crippen molar-refractivity contribution in [2.24, 2.45) is 0 Å². The molecule has 0 atom stereocenters. The van der Waals surface area contributed by atoms with Crippen LogP contribution in [0.25, 0.3) is 0 Å². The van der Waals surface area contributed by atoms with Crippen LogP contribution < -0.4 is 0 Å². The number of rotatable bonds is 10. The van der Waals surface area contributed by atoms with E-state index < -0.39 is 21.0 Å². The second-order valence-electron chi connectivity index (χ2n) is 5.20. The monoisotopic (exact) mass is 336 g/mol. The smallest absolute Gasteiger partial charge is 0.339 e. The zero-order valence-corrected chi connectivity index (χ0v) is 14.9. The number of carbonyl (C=O) groups excluding carboxylic acids is 2. The molecular weight excluding hydrogens is 312 g/mol. The largest absolute Gasteiger partial charge is 0.462 e. The third-order valence-corrected chi connectivity index (χ3v) is 3.82. The molecule has 0 radical (unpaired) electrons. The molecular formula is C17H24O5Si. The minimum absolute atomic E-state index is 0.0986. The van der Waals surface area contributed by atoms with E-state index in [0.29, 0.717) is 13.2 Å². The molecule has 1 rings (SSSR count). The Morgan fingerprint density at radius 2 is 1.61 bits per heavy atom. The lowest BCUT2D eigenvalue weighted by Crippen LogP contribution is -2.15. The van der Waals surface area contributed by atoms with Crippen molar-refractivity contribution < 1.29 is 23.5 Å². The Kier molecular flexibility index (Phi) is 8.93. The van der Waals surface area contributed by atoms with Gasteiger partial charge in [0.1, 0.15) is 6.61 Å². The summed E-state index contributed by atoms with van der Waals surface area (Å²) in [5.41, 5.74) is 0.417. The van der Waals surface area contributed by atoms with Gasteiger partial charge in [-0.05, 0) is 38.1 Å². The summed E-state index contributed by atoms with van der Waals surface area (Å²) in [6.07, 6.45) is 3.05. The highest BCUT2D eigenvalue weighted by Crippen LogP contribution is 2.12. The van der Waals surface area contributed by atoms with Crippen LogP contribution in [0.2, 0.25) is 13.1 Å². The predicted molar refractivity (Wildman–Crippen MR) is 91.3 cm³/mol. The van der Waals surface area contributed by atoms with E-state index in [2.05, 4.69) is 19.7 Å². The molecule has 1 aromatic carbocycles. The number of unbranched alkanes of at least 4 members (excludes halogenated alkanes) is 1. The zero-order valence-electron chi connectivity index (χ0n) is 13.7. The molecule has 0 fully saturated rings. The summed E-state index contributed by atoms with van der Waals surface area (Å²) in [5, 5.41) is 0. The molecule has 0 N–H and O–H groups in total. The zero-order chi connectivity index (χ0) is 17.1. The quantitative estimate of drug-likeness (QED) is 0.284. The second-order valence-corrected chi connectivity index (χ2v) is 7.63. The fourth-order valence-electron chi connectivity index (χ4n) is 1.82. The van der Waals surface area contributed by atoms with Gasteiger partial charge in [0, 0.05) is 6.61 Å². The van der Waals surface area contributed by atoms with E-state index >= 15 is 0 Å². The van der Waals surface area contributed by atoms with E-state index in [-0.39, 0.29) is 17.7 Å². The highest BCUT2D eigenvalue weighted by molar-refractivity contribution is 6.48. The second kappa shape index (κ2) is 10.7. The summed E-state index contributed by atoms with van der Waals surface area (Å²) in [6.45, 7) is 8.81. The Hall–Kier alpha value is -1.92. The van der Waals surface area contributed by atoms with E-state index in [1.54, 1.807) is 24.3 Å². The number of esters is 2. The van der Waals surface area contributed by atoms with Gasteiger partial charge in [0.25, 0.3) is 0 Å². The van der Waals surface area contributed by atoms with Crippen molar-refractivity contribution in [3.8, 4) is 0 Å². The van der Waals surface area contributed by atoms with Gasteiger partial charge in [-0.15, -0.1) is 0 Å². The molecule has 0 aliphatic rings. The van der Waals surface area contributed by atoms with Gasteiger partial charge in [-0.1, -0.05) is 24.8 Å². The summed E-state index contributed by atoms with van der Waals surface area (Å²) in [4.78, 5) is 24.0. The molecule has 1 aromatic rings. The third kappa shape index (κ3) is 7.25. The molecule has 0 amide bonds. The van der Waals surface area contributed by atoms with Gasteiger partial charge in [-0.2, -0.15) is 0 Å². The Labute approximate surface area is 139 Å². The SMILES string of the molecule is C=CCOC(=O)c1ccccc1C(=O)OCCCCO[SiH](C)C. The van der Waals surface area contributed by atoms with Gasteiger partial charge in [0.05, 0.1) is 17.7 Å². The lowest BCUT2D eigenvalue weighted by molar-refractivity contribution is 0.0467. The number of hydrogen-bond acceptors (Lipinski definition) is 5. The van der Waals surface area contributed by atoms with Crippen molar-refractivity contribution in [2.75, 3.05) is 19.8 Å². The summed E-state index contributed by atoms with van der Waals surface area (Å²) < 4.78 is 15.7. The van der Waals surface area contributed by atoms with Crippen molar-refractivity contribution in [3.63, 3.8) is 0 Å². The van der Waals surface area contributed by atoms with Gasteiger partial charge in [-0.3, -0.25) is 0 Å². The van der Waals surface area contributed by atoms with Crippen molar-refractivity contribution in [2.45, 2.75) is 25.9 Å². The Morgan fingerprint density at radius 3 is 2.17 bits per heavy atom. The molecule has 5 nitrogen and oxygen atoms in total. The van der Waals surface area contributed by atoms with E-state index in [1.807, 2.05) is 0 Å². The summed E-state index contributed by atoms with van der Waals surface area (Å²) in [5.74, 6) is -1.08. The first-order valence-electron chi connectivity index (χ1n) is 7.72. The summed E-state index contributed by atoms with van der Waals surface area (Å²) in [7, 11) is -0.985. The minimum Gasteiger partial charge on any atom is -0.462 e. The van der Waals surface area contributed by atoms with Crippen molar-refractivity contribution >= 4 is 21.0 Å². The number of ether oxygens (including phenoxy) is 2. The van der Waals surface area contributed by atoms with E-state index in [0.717, 1.165) is 12.8 Å². The van der Waals surface area contributed by atoms with E-state index in [1.165, 1.54) is 6.08 Å². The fraction of sp³-hybridized carbons (Fsp3) is 0.412. The Bertz CT molecular complexity index is 527. The molecule has 0 bridgehead atoms. The molecule has 0 aliphatic heterocycles. The molecule has 0 saturated carbocycles. The van der Waals surface area contributed by atoms with Crippen LogP contribution in [0.3, 0.4) is 0 Å². The first-order chi connectivity index (χ1) is 11.1. The van der Waals surface area contributed by atoms with Crippen LogP contribution in [0.1, 0.15) is 33.6 Å². The fourth-order valence-corrected chi connectivity index (χ4v) is 2.46. The van der Waals surface area contributed by atoms with Crippen LogP contribution in [0.4, 0.5) is 0 Å². The average Bonchev–Trinajstić information content (AvgIpc) is 2.55. The lowest BCUT2D eigenvalue weighted by Gasteiger charge is -2.09. The first kappa shape index (κ1) is 19.1. The Balaban J connectivity index is 2.49. The van der Waals surface area contributed by atoms with E-state index in [4.69, 9.17) is 13.9 Å². The maximum Gasteiger partial charge on any atom is 0.339 e. The highest BCUT2D eigenvalue weighted by atomic mass is 28.3. The number of carbonyl (C=O) groups is 2. The molecule has 6 heteroatoms. The topological polar surface area (TPSA) is 61.8 Å². The van der Waals surface area contributed by atoms with Crippen molar-refractivity contribution in [1.82, 2.24) is 0 Å². The number of benzene rings is 1. The Morgan fingerprint density at radius 1 is 1.04 bits per heavy atom. The molecule has 126 valence electrons. The molecule has 0 saturated heterocycles. The molecule has 0 heterocycles. The molecule has 0 aliphatic carbocycles. The van der Waals surface area contributed by atoms with Crippen molar-refractivity contribution in [1.29, 1.82) is 0 Å². The highest BCUT2D eigenvalue weighted by Gasteiger charge is 2.18. The third-order valence-electron chi connectivity index (χ3n) is 2.92. The maximum atomic E-state index is 12.1. The summed E-state index contributed by atoms with van der Waals surface area (Å²) in [6, 6.07) is 6.46. The van der Waals surface area contributed by atoms with Gasteiger partial charge < -0.3 is 13.9 Å². The van der Waals surface area contributed by atoms with Crippen LogP contribution in [0.5, 0.6) is 0 Å². The summed E-state index contributed by atoms with van der Waals surface area (Å²) >= 11 is 0. The average molecular weight is 336 g/mol. The van der Waals surface area contributed by atoms with Crippen LogP contribution in [-0.2, 0) is 13.9 Å². The van der Waals surface area contributed by atoms with E-state index in [9.17, 15) is 9.59 Å². The van der Waals surface area contributed by atoms with Gasteiger partial charge in [0.15, 0.2) is 9.04 Å². The lowest BCUT2D eigenvalue weighted by atomic mass is 10.1.